The number of ether oxygens (including phenoxy) is 1. The third-order valence-electron chi connectivity index (χ3n) is 3.46. The molecule has 0 spiro atoms. The Morgan fingerprint density at radius 3 is 3.00 bits per heavy atom. The molecule has 2 unspecified atom stereocenters. The van der Waals surface area contributed by atoms with Crippen molar-refractivity contribution in [3.8, 4) is 0 Å². The van der Waals surface area contributed by atoms with Gasteiger partial charge in [0.05, 0.1) is 24.2 Å². The lowest BCUT2D eigenvalue weighted by Crippen LogP contribution is -2.48. The predicted molar refractivity (Wildman–Crippen MR) is 77.5 cm³/mol. The molecule has 1 heterocycles. The van der Waals surface area contributed by atoms with E-state index >= 15 is 0 Å². The average Bonchev–Trinajstić information content (AvgIpc) is 2.42. The van der Waals surface area contributed by atoms with Crippen molar-refractivity contribution in [2.75, 3.05) is 19.8 Å². The molecule has 1 fully saturated rings. The number of morpholine rings is 1. The van der Waals surface area contributed by atoms with Gasteiger partial charge in [0.25, 0.3) is 5.69 Å². The van der Waals surface area contributed by atoms with Crippen LogP contribution in [-0.4, -0.2) is 46.8 Å². The summed E-state index contributed by atoms with van der Waals surface area (Å²) in [5.74, 6) is 0. The van der Waals surface area contributed by atoms with Crippen LogP contribution in [-0.2, 0) is 11.3 Å². The minimum Gasteiger partial charge on any atom is -0.394 e. The van der Waals surface area contributed by atoms with Crippen molar-refractivity contribution < 1.29 is 14.8 Å². The highest BCUT2D eigenvalue weighted by atomic mass is 79.9. The Balaban J connectivity index is 2.18. The number of halogens is 1. The fraction of sp³-hybridized carbons (Fsp3) is 0.538. The minimum absolute atomic E-state index is 0.0361. The van der Waals surface area contributed by atoms with E-state index in [1.807, 2.05) is 6.92 Å². The molecule has 0 saturated carbocycles. The molecule has 1 aromatic carbocycles. The molecule has 1 aliphatic heterocycles. The summed E-state index contributed by atoms with van der Waals surface area (Å²) >= 11 is 3.25. The first-order valence-corrected chi connectivity index (χ1v) is 7.20. The smallest absolute Gasteiger partial charge is 0.275 e. The van der Waals surface area contributed by atoms with Crippen molar-refractivity contribution in [1.29, 1.82) is 0 Å². The summed E-state index contributed by atoms with van der Waals surface area (Å²) in [6.07, 6.45) is -0.222. The topological polar surface area (TPSA) is 75.8 Å². The van der Waals surface area contributed by atoms with Gasteiger partial charge in [-0.1, -0.05) is 15.9 Å². The Morgan fingerprint density at radius 1 is 1.60 bits per heavy atom. The number of nitro benzene ring substituents is 1. The molecule has 0 bridgehead atoms. The van der Waals surface area contributed by atoms with Gasteiger partial charge in [0.1, 0.15) is 0 Å². The van der Waals surface area contributed by atoms with Crippen LogP contribution >= 0.6 is 15.9 Å². The summed E-state index contributed by atoms with van der Waals surface area (Å²) in [5.41, 5.74) is 0.780. The van der Waals surface area contributed by atoms with E-state index in [2.05, 4.69) is 20.8 Å². The molecule has 0 radical (unpaired) electrons. The molecule has 6 nitrogen and oxygen atoms in total. The van der Waals surface area contributed by atoms with Crippen molar-refractivity contribution in [2.45, 2.75) is 25.6 Å². The minimum atomic E-state index is -0.366. The van der Waals surface area contributed by atoms with Gasteiger partial charge >= 0.3 is 0 Å². The molecule has 20 heavy (non-hydrogen) atoms. The van der Waals surface area contributed by atoms with E-state index in [1.54, 1.807) is 12.1 Å². The van der Waals surface area contributed by atoms with E-state index in [1.165, 1.54) is 6.07 Å². The van der Waals surface area contributed by atoms with Gasteiger partial charge in [0, 0.05) is 35.2 Å². The lowest BCUT2D eigenvalue weighted by Gasteiger charge is -2.37. The lowest BCUT2D eigenvalue weighted by molar-refractivity contribution is -0.385. The fourth-order valence-corrected chi connectivity index (χ4v) is 2.61. The maximum atomic E-state index is 11.1. The molecule has 1 saturated heterocycles. The Kier molecular flexibility index (Phi) is 5.09. The van der Waals surface area contributed by atoms with Crippen molar-refractivity contribution in [2.24, 2.45) is 0 Å². The molecule has 1 N–H and O–H groups in total. The van der Waals surface area contributed by atoms with Gasteiger partial charge in [-0.3, -0.25) is 15.0 Å². The van der Waals surface area contributed by atoms with Crippen molar-refractivity contribution in [1.82, 2.24) is 4.90 Å². The molecular weight excluding hydrogens is 328 g/mol. The molecule has 1 aliphatic rings. The highest BCUT2D eigenvalue weighted by Gasteiger charge is 2.27. The standard InChI is InChI=1S/C13H17BrN2O4/c1-9-8-20-12(7-17)6-15(9)5-10-2-3-11(14)4-13(10)16(18)19/h2-4,9,12,17H,5-8H2,1H3. The van der Waals surface area contributed by atoms with Gasteiger partial charge in [0.15, 0.2) is 0 Å². The Morgan fingerprint density at radius 2 is 2.35 bits per heavy atom. The summed E-state index contributed by atoms with van der Waals surface area (Å²) in [4.78, 5) is 12.9. The molecule has 0 aromatic heterocycles. The summed E-state index contributed by atoms with van der Waals surface area (Å²) in [5, 5.41) is 20.3. The zero-order valence-electron chi connectivity index (χ0n) is 11.2. The number of aliphatic hydroxyl groups excluding tert-OH is 1. The summed E-state index contributed by atoms with van der Waals surface area (Å²) in [7, 11) is 0. The fourth-order valence-electron chi connectivity index (χ4n) is 2.27. The number of nitro groups is 1. The van der Waals surface area contributed by atoms with Gasteiger partial charge in [0.2, 0.25) is 0 Å². The molecular formula is C13H17BrN2O4. The maximum absolute atomic E-state index is 11.1. The van der Waals surface area contributed by atoms with E-state index in [-0.39, 0.29) is 29.4 Å². The van der Waals surface area contributed by atoms with Crippen LogP contribution < -0.4 is 0 Å². The zero-order valence-corrected chi connectivity index (χ0v) is 12.7. The molecule has 0 aliphatic carbocycles. The van der Waals surface area contributed by atoms with E-state index in [0.29, 0.717) is 29.7 Å². The van der Waals surface area contributed by atoms with E-state index < -0.39 is 0 Å². The van der Waals surface area contributed by atoms with Gasteiger partial charge in [-0.15, -0.1) is 0 Å². The summed E-state index contributed by atoms with van der Waals surface area (Å²) in [6, 6.07) is 5.25. The van der Waals surface area contributed by atoms with Crippen LogP contribution in [0.15, 0.2) is 22.7 Å². The van der Waals surface area contributed by atoms with E-state index in [0.717, 1.165) is 0 Å². The van der Waals surface area contributed by atoms with E-state index in [4.69, 9.17) is 4.74 Å². The number of rotatable bonds is 4. The van der Waals surface area contributed by atoms with Crippen LogP contribution in [0.1, 0.15) is 12.5 Å². The van der Waals surface area contributed by atoms with E-state index in [9.17, 15) is 15.2 Å². The van der Waals surface area contributed by atoms with Crippen LogP contribution in [0.5, 0.6) is 0 Å². The molecule has 0 amide bonds. The Hall–Kier alpha value is -1.02. The number of nitrogens with zero attached hydrogens (tertiary/aromatic N) is 2. The number of aliphatic hydroxyl groups is 1. The summed E-state index contributed by atoms with van der Waals surface area (Å²) in [6.45, 7) is 3.55. The van der Waals surface area contributed by atoms with Crippen LogP contribution in [0.25, 0.3) is 0 Å². The van der Waals surface area contributed by atoms with Gasteiger partial charge in [-0.05, 0) is 19.1 Å². The van der Waals surface area contributed by atoms with Crippen LogP contribution in [0, 0.1) is 10.1 Å². The van der Waals surface area contributed by atoms with Crippen LogP contribution in [0.3, 0.4) is 0 Å². The van der Waals surface area contributed by atoms with Crippen LogP contribution in [0.2, 0.25) is 0 Å². The highest BCUT2D eigenvalue weighted by molar-refractivity contribution is 9.10. The molecule has 7 heteroatoms. The third-order valence-corrected chi connectivity index (χ3v) is 3.95. The average molecular weight is 345 g/mol. The second-order valence-corrected chi connectivity index (χ2v) is 5.86. The monoisotopic (exact) mass is 344 g/mol. The third kappa shape index (κ3) is 3.54. The van der Waals surface area contributed by atoms with Crippen molar-refractivity contribution >= 4 is 21.6 Å². The molecule has 2 atom stereocenters. The predicted octanol–water partition coefficient (Wildman–Crippen LogP) is 1.94. The maximum Gasteiger partial charge on any atom is 0.275 e. The molecule has 110 valence electrons. The van der Waals surface area contributed by atoms with Gasteiger partial charge in [-0.25, -0.2) is 0 Å². The Labute approximate surface area is 125 Å². The highest BCUT2D eigenvalue weighted by Crippen LogP contribution is 2.26. The van der Waals surface area contributed by atoms with Crippen LogP contribution in [0.4, 0.5) is 5.69 Å². The van der Waals surface area contributed by atoms with Gasteiger partial charge < -0.3 is 9.84 Å². The van der Waals surface area contributed by atoms with Crippen molar-refractivity contribution in [3.05, 3.63) is 38.3 Å². The number of benzene rings is 1. The first kappa shape index (κ1) is 15.4. The number of hydrogen-bond acceptors (Lipinski definition) is 5. The summed E-state index contributed by atoms with van der Waals surface area (Å²) < 4.78 is 6.16. The molecule has 2 rings (SSSR count). The number of hydrogen-bond donors (Lipinski definition) is 1. The lowest BCUT2D eigenvalue weighted by atomic mass is 10.1. The quantitative estimate of drug-likeness (QED) is 0.667. The zero-order chi connectivity index (χ0) is 14.7. The van der Waals surface area contributed by atoms with Crippen molar-refractivity contribution in [3.63, 3.8) is 0 Å². The Bertz CT molecular complexity index is 497. The van der Waals surface area contributed by atoms with Gasteiger partial charge in [-0.2, -0.15) is 0 Å². The second-order valence-electron chi connectivity index (χ2n) is 4.95. The second kappa shape index (κ2) is 6.62. The largest absolute Gasteiger partial charge is 0.394 e. The SMILES string of the molecule is CC1COC(CO)CN1Cc1ccc(Br)cc1[N+](=O)[O-]. The first-order valence-electron chi connectivity index (χ1n) is 6.40. The first-order chi connectivity index (χ1) is 9.51. The molecule has 1 aromatic rings. The normalized spacial score (nSPS) is 23.8.